The number of H-pyrrole nitrogens is 1. The molecule has 0 radical (unpaired) electrons. The third-order valence-electron chi connectivity index (χ3n) is 3.18. The molecule has 1 unspecified atom stereocenters. The Balaban J connectivity index is 1.98. The molecule has 2 N–H and O–H groups in total. The Bertz CT molecular complexity index is 447. The van der Waals surface area contributed by atoms with Crippen molar-refractivity contribution in [3.8, 4) is 0 Å². The third-order valence-corrected chi connectivity index (χ3v) is 3.18. The second kappa shape index (κ2) is 6.31. The van der Waals surface area contributed by atoms with Crippen molar-refractivity contribution in [3.05, 3.63) is 47.5 Å². The maximum atomic E-state index is 4.11. The average Bonchev–Trinajstić information content (AvgIpc) is 2.93. The van der Waals surface area contributed by atoms with Gasteiger partial charge in [0.2, 0.25) is 0 Å². The second-order valence-corrected chi connectivity index (χ2v) is 4.37. The monoisotopic (exact) mass is 244 g/mol. The fraction of sp³-hybridized carbons (Fsp3) is 0.429. The summed E-state index contributed by atoms with van der Waals surface area (Å²) in [6.45, 7) is 5.08. The van der Waals surface area contributed by atoms with Crippen molar-refractivity contribution in [3.63, 3.8) is 0 Å². The van der Waals surface area contributed by atoms with Crippen LogP contribution in [0, 0.1) is 0 Å². The van der Waals surface area contributed by atoms with Gasteiger partial charge in [-0.05, 0) is 24.0 Å². The molecule has 0 aliphatic heterocycles. The normalized spacial score (nSPS) is 12.6. The molecular weight excluding hydrogens is 224 g/mol. The van der Waals surface area contributed by atoms with Gasteiger partial charge in [-0.25, -0.2) is 4.98 Å². The second-order valence-electron chi connectivity index (χ2n) is 4.37. The van der Waals surface area contributed by atoms with E-state index in [2.05, 4.69) is 58.6 Å². The summed E-state index contributed by atoms with van der Waals surface area (Å²) in [6, 6.07) is 9.18. The summed E-state index contributed by atoms with van der Waals surface area (Å²) < 4.78 is 0. The summed E-state index contributed by atoms with van der Waals surface area (Å²) in [5, 5.41) is 10.2. The van der Waals surface area contributed by atoms with Crippen molar-refractivity contribution in [2.45, 2.75) is 39.3 Å². The smallest absolute Gasteiger partial charge is 0.138 e. The predicted octanol–water partition coefficient (Wildman–Crippen LogP) is 2.61. The van der Waals surface area contributed by atoms with Crippen LogP contribution in [0.4, 0.5) is 0 Å². The summed E-state index contributed by atoms with van der Waals surface area (Å²) in [7, 11) is 0. The van der Waals surface area contributed by atoms with Crippen LogP contribution in [-0.4, -0.2) is 15.2 Å². The van der Waals surface area contributed by atoms with Crippen molar-refractivity contribution >= 4 is 0 Å². The van der Waals surface area contributed by atoms with Gasteiger partial charge in [-0.1, -0.05) is 38.1 Å². The highest BCUT2D eigenvalue weighted by Crippen LogP contribution is 2.17. The largest absolute Gasteiger partial charge is 0.303 e. The quantitative estimate of drug-likeness (QED) is 0.821. The summed E-state index contributed by atoms with van der Waals surface area (Å²) in [6.07, 6.45) is 3.68. The van der Waals surface area contributed by atoms with Crippen molar-refractivity contribution in [2.75, 3.05) is 0 Å². The van der Waals surface area contributed by atoms with Crippen molar-refractivity contribution < 1.29 is 0 Å². The van der Waals surface area contributed by atoms with Gasteiger partial charge in [0.05, 0.1) is 6.54 Å². The zero-order valence-corrected chi connectivity index (χ0v) is 11.0. The molecule has 2 rings (SSSR count). The van der Waals surface area contributed by atoms with Crippen LogP contribution in [0.1, 0.15) is 43.3 Å². The SMILES string of the molecule is CCc1ccc(C(CC)NCc2ncn[nH]2)cc1. The van der Waals surface area contributed by atoms with Crippen LogP contribution in [0.15, 0.2) is 30.6 Å². The zero-order chi connectivity index (χ0) is 12.8. The fourth-order valence-corrected chi connectivity index (χ4v) is 2.02. The lowest BCUT2D eigenvalue weighted by atomic mass is 10.0. The van der Waals surface area contributed by atoms with Gasteiger partial charge in [0.25, 0.3) is 0 Å². The molecule has 0 aliphatic carbocycles. The van der Waals surface area contributed by atoms with E-state index in [1.54, 1.807) is 0 Å². The molecule has 0 saturated heterocycles. The lowest BCUT2D eigenvalue weighted by molar-refractivity contribution is 0.509. The Morgan fingerprint density at radius 3 is 2.56 bits per heavy atom. The molecule has 0 bridgehead atoms. The van der Waals surface area contributed by atoms with Crippen LogP contribution in [0.3, 0.4) is 0 Å². The van der Waals surface area contributed by atoms with Crippen LogP contribution in [0.25, 0.3) is 0 Å². The Kier molecular flexibility index (Phi) is 4.47. The van der Waals surface area contributed by atoms with E-state index in [4.69, 9.17) is 0 Å². The van der Waals surface area contributed by atoms with E-state index < -0.39 is 0 Å². The summed E-state index contributed by atoms with van der Waals surface area (Å²) in [4.78, 5) is 4.11. The van der Waals surface area contributed by atoms with Gasteiger partial charge in [-0.15, -0.1) is 0 Å². The van der Waals surface area contributed by atoms with Gasteiger partial charge in [0.1, 0.15) is 12.2 Å². The molecule has 1 heterocycles. The van der Waals surface area contributed by atoms with Gasteiger partial charge in [-0.3, -0.25) is 5.10 Å². The molecule has 4 nitrogen and oxygen atoms in total. The molecule has 1 aromatic heterocycles. The molecule has 0 aliphatic rings. The zero-order valence-electron chi connectivity index (χ0n) is 11.0. The highest BCUT2D eigenvalue weighted by Gasteiger charge is 2.09. The first kappa shape index (κ1) is 12.8. The number of aromatic nitrogens is 3. The molecule has 2 aromatic rings. The van der Waals surface area contributed by atoms with E-state index in [1.165, 1.54) is 17.5 Å². The number of hydrogen-bond donors (Lipinski definition) is 2. The van der Waals surface area contributed by atoms with Crippen LogP contribution >= 0.6 is 0 Å². The molecule has 1 atom stereocenters. The van der Waals surface area contributed by atoms with Gasteiger partial charge in [0.15, 0.2) is 0 Å². The summed E-state index contributed by atoms with van der Waals surface area (Å²) in [5.41, 5.74) is 2.71. The van der Waals surface area contributed by atoms with Crippen molar-refractivity contribution in [1.82, 2.24) is 20.5 Å². The minimum Gasteiger partial charge on any atom is -0.303 e. The van der Waals surface area contributed by atoms with Gasteiger partial charge in [-0.2, -0.15) is 5.10 Å². The van der Waals surface area contributed by atoms with Crippen molar-refractivity contribution in [1.29, 1.82) is 0 Å². The third kappa shape index (κ3) is 3.17. The number of aryl methyl sites for hydroxylation is 1. The maximum Gasteiger partial charge on any atom is 0.138 e. The molecule has 1 aromatic carbocycles. The lowest BCUT2D eigenvalue weighted by Gasteiger charge is -2.17. The van der Waals surface area contributed by atoms with Crippen LogP contribution in [0.5, 0.6) is 0 Å². The van der Waals surface area contributed by atoms with Gasteiger partial charge in [0, 0.05) is 6.04 Å². The number of hydrogen-bond acceptors (Lipinski definition) is 3. The first-order chi connectivity index (χ1) is 8.83. The topological polar surface area (TPSA) is 53.6 Å². The number of nitrogens with zero attached hydrogens (tertiary/aromatic N) is 2. The molecule has 0 spiro atoms. The highest BCUT2D eigenvalue weighted by atomic mass is 15.2. The molecule has 0 amide bonds. The maximum absolute atomic E-state index is 4.11. The summed E-state index contributed by atoms with van der Waals surface area (Å²) >= 11 is 0. The first-order valence-electron chi connectivity index (χ1n) is 6.50. The Morgan fingerprint density at radius 1 is 1.22 bits per heavy atom. The lowest BCUT2D eigenvalue weighted by Crippen LogP contribution is -2.21. The highest BCUT2D eigenvalue weighted by molar-refractivity contribution is 5.25. The van der Waals surface area contributed by atoms with E-state index in [0.29, 0.717) is 12.6 Å². The number of rotatable bonds is 6. The predicted molar refractivity (Wildman–Crippen MR) is 72.1 cm³/mol. The van der Waals surface area contributed by atoms with E-state index in [-0.39, 0.29) is 0 Å². The van der Waals surface area contributed by atoms with Crippen LogP contribution in [-0.2, 0) is 13.0 Å². The van der Waals surface area contributed by atoms with E-state index in [0.717, 1.165) is 18.7 Å². The van der Waals surface area contributed by atoms with Crippen LogP contribution in [0.2, 0.25) is 0 Å². The van der Waals surface area contributed by atoms with Gasteiger partial charge >= 0.3 is 0 Å². The average molecular weight is 244 g/mol. The number of aromatic amines is 1. The minimum atomic E-state index is 0.362. The van der Waals surface area contributed by atoms with E-state index in [9.17, 15) is 0 Å². The summed E-state index contributed by atoms with van der Waals surface area (Å²) in [5.74, 6) is 0.874. The van der Waals surface area contributed by atoms with Gasteiger partial charge < -0.3 is 5.32 Å². The first-order valence-corrected chi connectivity index (χ1v) is 6.50. The molecular formula is C14H20N4. The molecule has 96 valence electrons. The Labute approximate surface area is 108 Å². The molecule has 4 heteroatoms. The Hall–Kier alpha value is -1.68. The standard InChI is InChI=1S/C14H20N4/c1-3-11-5-7-12(8-6-11)13(4-2)15-9-14-16-10-17-18-14/h5-8,10,13,15H,3-4,9H2,1-2H3,(H,16,17,18). The fourth-order valence-electron chi connectivity index (χ4n) is 2.02. The van der Waals surface area contributed by atoms with E-state index >= 15 is 0 Å². The molecule has 0 saturated carbocycles. The van der Waals surface area contributed by atoms with Crippen molar-refractivity contribution in [2.24, 2.45) is 0 Å². The number of benzene rings is 1. The minimum absolute atomic E-state index is 0.362. The Morgan fingerprint density at radius 2 is 2.00 bits per heavy atom. The van der Waals surface area contributed by atoms with E-state index in [1.807, 2.05) is 0 Å². The number of nitrogens with one attached hydrogen (secondary N) is 2. The van der Waals surface area contributed by atoms with Crippen LogP contribution < -0.4 is 5.32 Å². The molecule has 0 fully saturated rings. The molecule has 18 heavy (non-hydrogen) atoms.